The molecule has 14 heteroatoms. The van der Waals surface area contributed by atoms with Crippen molar-refractivity contribution >= 4 is 43.8 Å². The van der Waals surface area contributed by atoms with Crippen LogP contribution in [0.2, 0.25) is 0 Å². The Morgan fingerprint density at radius 1 is 1.32 bits per heavy atom. The van der Waals surface area contributed by atoms with Gasteiger partial charge in [-0.15, -0.1) is 0 Å². The molecular formula is C14H18BrN3O9S. The molecule has 1 aromatic rings. The topological polar surface area (TPSA) is 163 Å². The van der Waals surface area contributed by atoms with Gasteiger partial charge in [-0.05, 0) is 15.9 Å². The fourth-order valence-electron chi connectivity index (χ4n) is 2.43. The van der Waals surface area contributed by atoms with Crippen LogP contribution in [0.1, 0.15) is 13.8 Å². The van der Waals surface area contributed by atoms with Crippen molar-refractivity contribution in [3.8, 4) is 0 Å². The molecule has 0 amide bonds. The van der Waals surface area contributed by atoms with Gasteiger partial charge in [0.05, 0.1) is 10.7 Å². The first-order valence-electron chi connectivity index (χ1n) is 7.82. The van der Waals surface area contributed by atoms with Crippen molar-refractivity contribution in [3.63, 3.8) is 0 Å². The third-order valence-electron chi connectivity index (χ3n) is 3.39. The summed E-state index contributed by atoms with van der Waals surface area (Å²) in [5.74, 6) is -1.30. The Balaban J connectivity index is 2.35. The first-order chi connectivity index (χ1) is 13.0. The summed E-state index contributed by atoms with van der Waals surface area (Å²) in [5.41, 5.74) is -0.659. The lowest BCUT2D eigenvalue weighted by atomic mass is 10.1. The minimum absolute atomic E-state index is 0.0529. The molecule has 0 unspecified atom stereocenters. The number of H-pyrrole nitrogens is 1. The summed E-state index contributed by atoms with van der Waals surface area (Å²) in [6, 6.07) is 0. The molecule has 4 atom stereocenters. The maximum absolute atomic E-state index is 11.7. The Kier molecular flexibility index (Phi) is 7.14. The van der Waals surface area contributed by atoms with Gasteiger partial charge in [0.2, 0.25) is 0 Å². The summed E-state index contributed by atoms with van der Waals surface area (Å²) in [6.45, 7) is 1.93. The van der Waals surface area contributed by atoms with Gasteiger partial charge in [0.25, 0.3) is 10.1 Å². The number of carbonyl (C=O) groups is 2. The van der Waals surface area contributed by atoms with Gasteiger partial charge in [0.15, 0.2) is 12.3 Å². The standard InChI is InChI=1S/C14H18BrN3O9S/c1-6(19)24-5-9-10(27-28(3,22)23)11(25-7(2)20)13(26-9)17-12-8(15)4-16-14(21)18-12/h4,9-11,13H,5H2,1-3H3,(H2,16,17,18,21)/t9-,10+,11-,13-/m1/s1. The molecule has 0 aliphatic carbocycles. The summed E-state index contributed by atoms with van der Waals surface area (Å²) in [7, 11) is -3.98. The molecule has 0 bridgehead atoms. The van der Waals surface area contributed by atoms with Gasteiger partial charge in [-0.25, -0.2) is 4.79 Å². The molecule has 28 heavy (non-hydrogen) atoms. The van der Waals surface area contributed by atoms with Crippen LogP contribution in [0.25, 0.3) is 0 Å². The van der Waals surface area contributed by atoms with E-state index in [1.54, 1.807) is 0 Å². The highest BCUT2D eigenvalue weighted by molar-refractivity contribution is 9.10. The number of ether oxygens (including phenoxy) is 3. The van der Waals surface area contributed by atoms with Crippen molar-refractivity contribution in [2.24, 2.45) is 0 Å². The van der Waals surface area contributed by atoms with Gasteiger partial charge in [-0.1, -0.05) is 0 Å². The summed E-state index contributed by atoms with van der Waals surface area (Å²) in [4.78, 5) is 40.2. The van der Waals surface area contributed by atoms with E-state index >= 15 is 0 Å². The Morgan fingerprint density at radius 2 is 2.00 bits per heavy atom. The average molecular weight is 484 g/mol. The molecule has 12 nitrogen and oxygen atoms in total. The molecule has 156 valence electrons. The highest BCUT2D eigenvalue weighted by Crippen LogP contribution is 2.30. The van der Waals surface area contributed by atoms with E-state index in [1.807, 2.05) is 0 Å². The van der Waals surface area contributed by atoms with Gasteiger partial charge in [-0.2, -0.15) is 13.4 Å². The molecule has 2 rings (SSSR count). The number of hydrogen-bond acceptors (Lipinski definition) is 11. The number of carbonyl (C=O) groups excluding carboxylic acids is 2. The van der Waals surface area contributed by atoms with Gasteiger partial charge in [0.1, 0.15) is 24.6 Å². The maximum Gasteiger partial charge on any atom is 0.346 e. The number of rotatable bonds is 7. The lowest BCUT2D eigenvalue weighted by Gasteiger charge is -2.23. The summed E-state index contributed by atoms with van der Waals surface area (Å²) in [5, 5.41) is 2.75. The number of nitrogens with zero attached hydrogens (tertiary/aromatic N) is 1. The first-order valence-corrected chi connectivity index (χ1v) is 10.4. The molecule has 2 N–H and O–H groups in total. The van der Waals surface area contributed by atoms with Gasteiger partial charge in [-0.3, -0.25) is 13.8 Å². The van der Waals surface area contributed by atoms with Crippen molar-refractivity contribution in [3.05, 3.63) is 21.2 Å². The van der Waals surface area contributed by atoms with Crippen LogP contribution < -0.4 is 11.0 Å². The smallest absolute Gasteiger partial charge is 0.346 e. The van der Waals surface area contributed by atoms with Crippen LogP contribution in [0.3, 0.4) is 0 Å². The quantitative estimate of drug-likeness (QED) is 0.379. The van der Waals surface area contributed by atoms with E-state index < -0.39 is 52.3 Å². The van der Waals surface area contributed by atoms with Crippen LogP contribution in [-0.2, 0) is 38.1 Å². The van der Waals surface area contributed by atoms with Gasteiger partial charge < -0.3 is 24.5 Å². The Labute approximate surface area is 168 Å². The second-order valence-electron chi connectivity index (χ2n) is 5.78. The predicted octanol–water partition coefficient (Wildman–Crippen LogP) is -0.491. The lowest BCUT2D eigenvalue weighted by Crippen LogP contribution is -2.43. The molecule has 0 radical (unpaired) electrons. The van der Waals surface area contributed by atoms with Crippen LogP contribution >= 0.6 is 15.9 Å². The number of aromatic amines is 1. The van der Waals surface area contributed by atoms with Crippen molar-refractivity contribution in [2.75, 3.05) is 18.2 Å². The second-order valence-corrected chi connectivity index (χ2v) is 8.24. The van der Waals surface area contributed by atoms with Crippen LogP contribution in [0.5, 0.6) is 0 Å². The number of halogens is 1. The van der Waals surface area contributed by atoms with E-state index in [1.165, 1.54) is 6.20 Å². The number of aromatic nitrogens is 2. The molecule has 2 heterocycles. The number of nitrogens with one attached hydrogen (secondary N) is 2. The minimum atomic E-state index is -3.98. The second kappa shape index (κ2) is 8.98. The Hall–Kier alpha value is -2.03. The third kappa shape index (κ3) is 6.25. The molecule has 1 aromatic heterocycles. The van der Waals surface area contributed by atoms with Crippen LogP contribution in [0.4, 0.5) is 5.82 Å². The lowest BCUT2D eigenvalue weighted by molar-refractivity contribution is -0.151. The van der Waals surface area contributed by atoms with E-state index in [-0.39, 0.29) is 12.4 Å². The molecule has 1 aliphatic rings. The fraction of sp³-hybridized carbons (Fsp3) is 0.571. The zero-order valence-electron chi connectivity index (χ0n) is 15.0. The predicted molar refractivity (Wildman–Crippen MR) is 96.7 cm³/mol. The zero-order valence-corrected chi connectivity index (χ0v) is 17.4. The SMILES string of the molecule is CC(=O)OC[C@H]1O[C@@H](Nc2nc(=O)[nH]cc2Br)[C@H](OC(C)=O)[C@H]1OS(C)(=O)=O. The van der Waals surface area contributed by atoms with Gasteiger partial charge in [0, 0.05) is 20.0 Å². The maximum atomic E-state index is 11.7. The van der Waals surface area contributed by atoms with Crippen LogP contribution in [-0.4, -0.2) is 67.7 Å². The highest BCUT2D eigenvalue weighted by atomic mass is 79.9. The normalized spacial score (nSPS) is 24.6. The molecule has 0 saturated carbocycles. The molecule has 1 aliphatic heterocycles. The number of anilines is 1. The summed E-state index contributed by atoms with van der Waals surface area (Å²) in [6.07, 6.45) is -2.65. The minimum Gasteiger partial charge on any atom is -0.463 e. The molecule has 0 spiro atoms. The Bertz CT molecular complexity index is 904. The first kappa shape index (κ1) is 22.3. The zero-order chi connectivity index (χ0) is 21.1. The molecule has 1 fully saturated rings. The van der Waals surface area contributed by atoms with E-state index in [2.05, 4.69) is 31.2 Å². The van der Waals surface area contributed by atoms with Crippen molar-refractivity contribution in [1.29, 1.82) is 0 Å². The third-order valence-corrected chi connectivity index (χ3v) is 4.57. The number of hydrogen-bond donors (Lipinski definition) is 2. The largest absolute Gasteiger partial charge is 0.463 e. The Morgan fingerprint density at radius 3 is 2.57 bits per heavy atom. The van der Waals surface area contributed by atoms with Gasteiger partial charge >= 0.3 is 17.6 Å². The molecule has 0 aromatic carbocycles. The van der Waals surface area contributed by atoms with Crippen LogP contribution in [0.15, 0.2) is 15.5 Å². The molecular weight excluding hydrogens is 466 g/mol. The molecule has 1 saturated heterocycles. The van der Waals surface area contributed by atoms with E-state index in [4.69, 9.17) is 18.4 Å². The average Bonchev–Trinajstić information content (AvgIpc) is 2.84. The van der Waals surface area contributed by atoms with E-state index in [9.17, 15) is 22.8 Å². The number of esters is 2. The van der Waals surface area contributed by atoms with E-state index in [0.29, 0.717) is 4.47 Å². The monoisotopic (exact) mass is 483 g/mol. The summed E-state index contributed by atoms with van der Waals surface area (Å²) >= 11 is 3.18. The fourth-order valence-corrected chi connectivity index (χ4v) is 3.39. The van der Waals surface area contributed by atoms with E-state index in [0.717, 1.165) is 20.1 Å². The van der Waals surface area contributed by atoms with Crippen molar-refractivity contribution in [2.45, 2.75) is 38.4 Å². The van der Waals surface area contributed by atoms with Crippen molar-refractivity contribution in [1.82, 2.24) is 9.97 Å². The summed E-state index contributed by atoms with van der Waals surface area (Å²) < 4.78 is 44.4. The van der Waals surface area contributed by atoms with Crippen LogP contribution in [0, 0.1) is 0 Å². The van der Waals surface area contributed by atoms with Crippen molar-refractivity contribution < 1.29 is 36.4 Å². The highest BCUT2D eigenvalue weighted by Gasteiger charge is 2.50.